The monoisotopic (exact) mass is 278 g/mol. The highest BCUT2D eigenvalue weighted by Crippen LogP contribution is 2.34. The Hall–Kier alpha value is -1.66. The lowest BCUT2D eigenvalue weighted by Crippen LogP contribution is -2.62. The topological polar surface area (TPSA) is 62.7 Å². The van der Waals surface area contributed by atoms with Crippen molar-refractivity contribution in [1.82, 2.24) is 4.98 Å². The molecule has 0 bridgehead atoms. The van der Waals surface area contributed by atoms with Crippen LogP contribution >= 0.6 is 11.3 Å². The molecule has 0 radical (unpaired) electrons. The van der Waals surface area contributed by atoms with Crippen LogP contribution in [0.2, 0.25) is 0 Å². The van der Waals surface area contributed by atoms with Gasteiger partial charge in [0.2, 0.25) is 0 Å². The van der Waals surface area contributed by atoms with Crippen molar-refractivity contribution in [1.29, 1.82) is 0 Å². The van der Waals surface area contributed by atoms with Crippen LogP contribution in [0.4, 0.5) is 5.82 Å². The first-order chi connectivity index (χ1) is 9.07. The number of aromatic nitrogens is 1. The van der Waals surface area contributed by atoms with Crippen LogP contribution in [0.15, 0.2) is 23.7 Å². The highest BCUT2D eigenvalue weighted by molar-refractivity contribution is 7.17. The number of rotatable bonds is 4. The highest BCUT2D eigenvalue weighted by atomic mass is 32.1. The molecule has 1 saturated heterocycles. The number of pyridine rings is 1. The average Bonchev–Trinajstić information content (AvgIpc) is 2.81. The fourth-order valence-corrected chi connectivity index (χ4v) is 3.15. The van der Waals surface area contributed by atoms with Gasteiger partial charge < -0.3 is 14.7 Å². The molecule has 0 aliphatic carbocycles. The first kappa shape index (κ1) is 12.4. The lowest BCUT2D eigenvalue weighted by atomic mass is 9.96. The minimum atomic E-state index is -0.933. The van der Waals surface area contributed by atoms with Crippen LogP contribution in [0.25, 0.3) is 10.1 Å². The molecule has 1 aliphatic heterocycles. The first-order valence-electron chi connectivity index (χ1n) is 6.00. The Bertz CT molecular complexity index is 619. The molecule has 0 amide bonds. The van der Waals surface area contributed by atoms with Crippen molar-refractivity contribution >= 4 is 33.2 Å². The molecule has 3 rings (SSSR count). The van der Waals surface area contributed by atoms with Gasteiger partial charge in [-0.25, -0.2) is 9.78 Å². The van der Waals surface area contributed by atoms with E-state index in [0.717, 1.165) is 11.2 Å². The smallest absolute Gasteiger partial charge is 0.329 e. The number of aliphatic carboxylic acids is 1. The molecule has 0 unspecified atom stereocenters. The molecule has 19 heavy (non-hydrogen) atoms. The Labute approximate surface area is 114 Å². The molecule has 3 heterocycles. The zero-order valence-electron chi connectivity index (χ0n) is 10.5. The Morgan fingerprint density at radius 3 is 3.11 bits per heavy atom. The SMILES string of the molecule is CC1(OCC(=O)O)CN(c2nccc3sccc23)C1. The van der Waals surface area contributed by atoms with Crippen molar-refractivity contribution in [3.8, 4) is 0 Å². The van der Waals surface area contributed by atoms with E-state index in [4.69, 9.17) is 9.84 Å². The molecule has 1 fully saturated rings. The highest BCUT2D eigenvalue weighted by Gasteiger charge is 2.41. The zero-order chi connectivity index (χ0) is 13.5. The van der Waals surface area contributed by atoms with Crippen LogP contribution in [-0.4, -0.2) is 41.4 Å². The average molecular weight is 278 g/mol. The van der Waals surface area contributed by atoms with Crippen molar-refractivity contribution in [2.24, 2.45) is 0 Å². The van der Waals surface area contributed by atoms with Gasteiger partial charge in [0, 0.05) is 16.3 Å². The van der Waals surface area contributed by atoms with Crippen molar-refractivity contribution in [3.63, 3.8) is 0 Å². The van der Waals surface area contributed by atoms with Crippen LogP contribution in [0, 0.1) is 0 Å². The summed E-state index contributed by atoms with van der Waals surface area (Å²) in [5.41, 5.74) is -0.391. The standard InChI is InChI=1S/C13H14N2O3S/c1-13(18-6-11(16)17)7-15(8-13)12-9-3-5-19-10(9)2-4-14-12/h2-5H,6-8H2,1H3,(H,16,17). The number of nitrogens with zero attached hydrogens (tertiary/aromatic N) is 2. The summed E-state index contributed by atoms with van der Waals surface area (Å²) in [6.45, 7) is 3.02. The maximum Gasteiger partial charge on any atom is 0.329 e. The van der Waals surface area contributed by atoms with Gasteiger partial charge in [0.25, 0.3) is 0 Å². The van der Waals surface area contributed by atoms with Gasteiger partial charge in [0.15, 0.2) is 0 Å². The van der Waals surface area contributed by atoms with E-state index in [1.54, 1.807) is 11.3 Å². The maximum atomic E-state index is 10.5. The molecule has 5 nitrogen and oxygen atoms in total. The minimum absolute atomic E-state index is 0.250. The Kier molecular flexibility index (Phi) is 2.91. The second kappa shape index (κ2) is 4.47. The molecular formula is C13H14N2O3S. The summed E-state index contributed by atoms with van der Waals surface area (Å²) in [5.74, 6) is 0.0212. The van der Waals surface area contributed by atoms with Gasteiger partial charge in [0.1, 0.15) is 18.0 Å². The fraction of sp³-hybridized carbons (Fsp3) is 0.385. The summed E-state index contributed by atoms with van der Waals surface area (Å²) in [4.78, 5) is 17.1. The molecule has 0 atom stereocenters. The molecule has 1 aliphatic rings. The van der Waals surface area contributed by atoms with Gasteiger partial charge in [-0.2, -0.15) is 0 Å². The van der Waals surface area contributed by atoms with Crippen LogP contribution in [0.3, 0.4) is 0 Å². The number of thiophene rings is 1. The van der Waals surface area contributed by atoms with Gasteiger partial charge in [0.05, 0.1) is 13.1 Å². The molecule has 0 saturated carbocycles. The van der Waals surface area contributed by atoms with Crippen molar-refractivity contribution < 1.29 is 14.6 Å². The maximum absolute atomic E-state index is 10.5. The number of hydrogen-bond donors (Lipinski definition) is 1. The predicted molar refractivity (Wildman–Crippen MR) is 73.8 cm³/mol. The lowest BCUT2D eigenvalue weighted by molar-refractivity contribution is -0.150. The zero-order valence-corrected chi connectivity index (χ0v) is 11.3. The lowest BCUT2D eigenvalue weighted by Gasteiger charge is -2.48. The minimum Gasteiger partial charge on any atom is -0.480 e. The van der Waals surface area contributed by atoms with E-state index in [-0.39, 0.29) is 6.61 Å². The van der Waals surface area contributed by atoms with Gasteiger partial charge in [-0.15, -0.1) is 11.3 Å². The first-order valence-corrected chi connectivity index (χ1v) is 6.88. The number of fused-ring (bicyclic) bond motifs is 1. The Morgan fingerprint density at radius 2 is 2.37 bits per heavy atom. The quantitative estimate of drug-likeness (QED) is 0.926. The van der Waals surface area contributed by atoms with E-state index in [0.29, 0.717) is 13.1 Å². The van der Waals surface area contributed by atoms with E-state index in [1.165, 1.54) is 4.70 Å². The second-order valence-corrected chi connectivity index (χ2v) is 5.90. The number of ether oxygens (including phenoxy) is 1. The Balaban J connectivity index is 1.73. The summed E-state index contributed by atoms with van der Waals surface area (Å²) < 4.78 is 6.62. The number of hydrogen-bond acceptors (Lipinski definition) is 5. The van der Waals surface area contributed by atoms with E-state index in [2.05, 4.69) is 21.3 Å². The van der Waals surface area contributed by atoms with Crippen molar-refractivity contribution in [2.45, 2.75) is 12.5 Å². The summed E-state index contributed by atoms with van der Waals surface area (Å²) in [6, 6.07) is 4.07. The van der Waals surface area contributed by atoms with Gasteiger partial charge in [-0.3, -0.25) is 0 Å². The third-order valence-corrected chi connectivity index (χ3v) is 4.14. The molecule has 6 heteroatoms. The molecule has 0 spiro atoms. The predicted octanol–water partition coefficient (Wildman–Crippen LogP) is 1.98. The van der Waals surface area contributed by atoms with E-state index in [1.807, 2.05) is 19.2 Å². The molecule has 2 aromatic rings. The third-order valence-electron chi connectivity index (χ3n) is 3.25. The van der Waals surface area contributed by atoms with Crippen molar-refractivity contribution in [3.05, 3.63) is 23.7 Å². The molecular weight excluding hydrogens is 264 g/mol. The summed E-state index contributed by atoms with van der Waals surface area (Å²) in [6.07, 6.45) is 1.81. The van der Waals surface area contributed by atoms with Gasteiger partial charge in [-0.05, 0) is 24.4 Å². The number of carboxylic acid groups (broad SMARTS) is 1. The molecule has 2 aromatic heterocycles. The summed E-state index contributed by atoms with van der Waals surface area (Å²) >= 11 is 1.69. The van der Waals surface area contributed by atoms with E-state index in [9.17, 15) is 4.79 Å². The fourth-order valence-electron chi connectivity index (χ4n) is 2.37. The van der Waals surface area contributed by atoms with Crippen LogP contribution in [0.5, 0.6) is 0 Å². The number of anilines is 1. The van der Waals surface area contributed by atoms with Gasteiger partial charge in [-0.1, -0.05) is 0 Å². The third kappa shape index (κ3) is 2.29. The largest absolute Gasteiger partial charge is 0.480 e. The van der Waals surface area contributed by atoms with Gasteiger partial charge >= 0.3 is 5.97 Å². The van der Waals surface area contributed by atoms with Crippen molar-refractivity contribution in [2.75, 3.05) is 24.6 Å². The number of carbonyl (C=O) groups is 1. The summed E-state index contributed by atoms with van der Waals surface area (Å²) in [5, 5.41) is 11.8. The van der Waals surface area contributed by atoms with E-state index >= 15 is 0 Å². The molecule has 0 aromatic carbocycles. The molecule has 100 valence electrons. The molecule has 1 N–H and O–H groups in total. The van der Waals surface area contributed by atoms with Crippen LogP contribution in [-0.2, 0) is 9.53 Å². The second-order valence-electron chi connectivity index (χ2n) is 4.96. The van der Waals surface area contributed by atoms with Crippen LogP contribution in [0.1, 0.15) is 6.92 Å². The normalized spacial score (nSPS) is 17.4. The van der Waals surface area contributed by atoms with E-state index < -0.39 is 11.6 Å². The summed E-state index contributed by atoms with van der Waals surface area (Å²) in [7, 11) is 0. The van der Waals surface area contributed by atoms with Crippen LogP contribution < -0.4 is 4.90 Å². The Morgan fingerprint density at radius 1 is 1.58 bits per heavy atom. The number of carboxylic acids is 1.